The first-order chi connectivity index (χ1) is 10.2. The quantitative estimate of drug-likeness (QED) is 0.829. The van der Waals surface area contributed by atoms with E-state index >= 15 is 0 Å². The van der Waals surface area contributed by atoms with Crippen molar-refractivity contribution in [1.82, 2.24) is 9.97 Å². The molecule has 3 heteroatoms. The lowest BCUT2D eigenvalue weighted by molar-refractivity contribution is 0.837. The van der Waals surface area contributed by atoms with Gasteiger partial charge in [-0.05, 0) is 30.9 Å². The van der Waals surface area contributed by atoms with Gasteiger partial charge in [0.2, 0.25) is 0 Å². The topological polar surface area (TPSA) is 37.8 Å². The number of nitrogens with zero attached hydrogens (tertiary/aromatic N) is 2. The molecular weight excluding hydrogens is 258 g/mol. The van der Waals surface area contributed by atoms with Crippen LogP contribution >= 0.6 is 0 Å². The number of rotatable bonds is 7. The summed E-state index contributed by atoms with van der Waals surface area (Å²) in [7, 11) is 0. The van der Waals surface area contributed by atoms with Gasteiger partial charge in [-0.2, -0.15) is 0 Å². The minimum absolute atomic E-state index is 0.797. The second kappa shape index (κ2) is 7.77. The zero-order valence-electron chi connectivity index (χ0n) is 13.3. The molecule has 0 bridgehead atoms. The van der Waals surface area contributed by atoms with Crippen LogP contribution in [0.1, 0.15) is 49.3 Å². The molecule has 0 aliphatic rings. The molecular formula is C18H25N3. The van der Waals surface area contributed by atoms with Crippen LogP contribution in [0.15, 0.2) is 30.3 Å². The van der Waals surface area contributed by atoms with Gasteiger partial charge in [-0.15, -0.1) is 0 Å². The molecule has 0 saturated heterocycles. The van der Waals surface area contributed by atoms with Crippen molar-refractivity contribution in [3.8, 4) is 0 Å². The zero-order chi connectivity index (χ0) is 15.1. The smallest absolute Gasteiger partial charge is 0.135 e. The first-order valence-corrected chi connectivity index (χ1v) is 7.88. The average molecular weight is 283 g/mol. The summed E-state index contributed by atoms with van der Waals surface area (Å²) in [5.41, 5.74) is 3.73. The highest BCUT2D eigenvalue weighted by Crippen LogP contribution is 2.14. The van der Waals surface area contributed by atoms with Crippen LogP contribution < -0.4 is 5.32 Å². The fourth-order valence-corrected chi connectivity index (χ4v) is 2.34. The van der Waals surface area contributed by atoms with Gasteiger partial charge in [-0.3, -0.25) is 0 Å². The summed E-state index contributed by atoms with van der Waals surface area (Å²) in [5.74, 6) is 1.87. The molecule has 0 saturated carbocycles. The van der Waals surface area contributed by atoms with Crippen LogP contribution in [-0.4, -0.2) is 16.5 Å². The number of nitrogens with one attached hydrogen (secondary N) is 1. The summed E-state index contributed by atoms with van der Waals surface area (Å²) in [6.07, 6.45) is 4.00. The van der Waals surface area contributed by atoms with Crippen molar-refractivity contribution in [2.45, 2.75) is 46.5 Å². The van der Waals surface area contributed by atoms with Crippen LogP contribution in [0.4, 0.5) is 5.82 Å². The molecule has 2 aromatic rings. The molecule has 0 spiro atoms. The van der Waals surface area contributed by atoms with Gasteiger partial charge < -0.3 is 5.32 Å². The molecule has 0 amide bonds. The Hall–Kier alpha value is -1.90. The Morgan fingerprint density at radius 1 is 1.05 bits per heavy atom. The highest BCUT2D eigenvalue weighted by Gasteiger charge is 2.07. The molecule has 0 aliphatic heterocycles. The Balaban J connectivity index is 2.24. The average Bonchev–Trinajstić information content (AvgIpc) is 2.48. The van der Waals surface area contributed by atoms with E-state index in [1.54, 1.807) is 0 Å². The maximum atomic E-state index is 4.72. The van der Waals surface area contributed by atoms with E-state index in [2.05, 4.69) is 61.4 Å². The maximum absolute atomic E-state index is 4.72. The van der Waals surface area contributed by atoms with Crippen molar-refractivity contribution < 1.29 is 0 Å². The highest BCUT2D eigenvalue weighted by molar-refractivity contribution is 5.37. The third-order valence-electron chi connectivity index (χ3n) is 3.50. The number of aryl methyl sites for hydroxylation is 2. The van der Waals surface area contributed by atoms with Crippen LogP contribution in [0.3, 0.4) is 0 Å². The molecule has 0 fully saturated rings. The Labute approximate surface area is 127 Å². The lowest BCUT2D eigenvalue weighted by Crippen LogP contribution is -2.08. The summed E-state index contributed by atoms with van der Waals surface area (Å²) in [5, 5.41) is 3.38. The number of hydrogen-bond acceptors (Lipinski definition) is 3. The van der Waals surface area contributed by atoms with E-state index in [4.69, 9.17) is 4.98 Å². The van der Waals surface area contributed by atoms with Gasteiger partial charge in [0.1, 0.15) is 11.6 Å². The molecule has 1 N–H and O–H groups in total. The minimum atomic E-state index is 0.797. The fraction of sp³-hybridized carbons (Fsp3) is 0.444. The van der Waals surface area contributed by atoms with E-state index in [1.165, 1.54) is 11.1 Å². The molecule has 0 unspecified atom stereocenters. The molecule has 1 aromatic heterocycles. The summed E-state index contributed by atoms with van der Waals surface area (Å²) in [6, 6.07) is 10.5. The first kappa shape index (κ1) is 15.5. The van der Waals surface area contributed by atoms with E-state index in [0.29, 0.717) is 0 Å². The molecule has 0 atom stereocenters. The van der Waals surface area contributed by atoms with E-state index in [1.807, 2.05) is 0 Å². The van der Waals surface area contributed by atoms with Gasteiger partial charge in [-0.1, -0.05) is 44.5 Å². The Bertz CT molecular complexity index is 578. The van der Waals surface area contributed by atoms with Gasteiger partial charge >= 0.3 is 0 Å². The van der Waals surface area contributed by atoms with Crippen LogP contribution in [0, 0.1) is 6.92 Å². The molecule has 3 nitrogen and oxygen atoms in total. The highest BCUT2D eigenvalue weighted by atomic mass is 15.0. The molecule has 1 heterocycles. The van der Waals surface area contributed by atoms with Crippen molar-refractivity contribution in [1.29, 1.82) is 0 Å². The fourth-order valence-electron chi connectivity index (χ4n) is 2.34. The van der Waals surface area contributed by atoms with Crippen molar-refractivity contribution in [2.75, 3.05) is 11.9 Å². The first-order valence-electron chi connectivity index (χ1n) is 7.88. The SMILES string of the molecule is CCCNc1cc(CCC)nc(Cc2ccccc2C)n1. The largest absolute Gasteiger partial charge is 0.370 e. The van der Waals surface area contributed by atoms with E-state index in [-0.39, 0.29) is 0 Å². The number of anilines is 1. The summed E-state index contributed by atoms with van der Waals surface area (Å²) < 4.78 is 0. The summed E-state index contributed by atoms with van der Waals surface area (Å²) >= 11 is 0. The van der Waals surface area contributed by atoms with E-state index in [9.17, 15) is 0 Å². The minimum Gasteiger partial charge on any atom is -0.370 e. The van der Waals surface area contributed by atoms with Crippen LogP contribution in [-0.2, 0) is 12.8 Å². The second-order valence-corrected chi connectivity index (χ2v) is 5.44. The summed E-state index contributed by atoms with van der Waals surface area (Å²) in [4.78, 5) is 9.38. The van der Waals surface area contributed by atoms with Gasteiger partial charge in [0.25, 0.3) is 0 Å². The van der Waals surface area contributed by atoms with Crippen molar-refractivity contribution in [3.63, 3.8) is 0 Å². The van der Waals surface area contributed by atoms with Gasteiger partial charge in [0.05, 0.1) is 0 Å². The third-order valence-corrected chi connectivity index (χ3v) is 3.50. The third kappa shape index (κ3) is 4.55. The Morgan fingerprint density at radius 2 is 1.86 bits per heavy atom. The van der Waals surface area contributed by atoms with Crippen molar-refractivity contribution in [2.24, 2.45) is 0 Å². The number of aromatic nitrogens is 2. The van der Waals surface area contributed by atoms with Crippen LogP contribution in [0.25, 0.3) is 0 Å². The standard InChI is InChI=1S/C18H25N3/c1-4-8-16-13-17(19-11-5-2)21-18(20-16)12-15-10-7-6-9-14(15)3/h6-7,9-10,13H,4-5,8,11-12H2,1-3H3,(H,19,20,21). The van der Waals surface area contributed by atoms with Crippen molar-refractivity contribution in [3.05, 3.63) is 53.0 Å². The molecule has 21 heavy (non-hydrogen) atoms. The molecule has 0 aliphatic carbocycles. The number of benzene rings is 1. The molecule has 1 aromatic carbocycles. The van der Waals surface area contributed by atoms with Crippen LogP contribution in [0.2, 0.25) is 0 Å². The number of hydrogen-bond donors (Lipinski definition) is 1. The van der Waals surface area contributed by atoms with Crippen LogP contribution in [0.5, 0.6) is 0 Å². The normalized spacial score (nSPS) is 10.6. The predicted molar refractivity (Wildman–Crippen MR) is 88.8 cm³/mol. The predicted octanol–water partition coefficient (Wildman–Crippen LogP) is 4.15. The molecule has 112 valence electrons. The molecule has 0 radical (unpaired) electrons. The lowest BCUT2D eigenvalue weighted by Gasteiger charge is -2.10. The summed E-state index contributed by atoms with van der Waals surface area (Å²) in [6.45, 7) is 7.44. The van der Waals surface area contributed by atoms with E-state index < -0.39 is 0 Å². The maximum Gasteiger partial charge on any atom is 0.135 e. The van der Waals surface area contributed by atoms with Gasteiger partial charge in [0, 0.05) is 24.7 Å². The second-order valence-electron chi connectivity index (χ2n) is 5.44. The Kier molecular flexibility index (Phi) is 5.73. The molecule has 2 rings (SSSR count). The Morgan fingerprint density at radius 3 is 2.57 bits per heavy atom. The zero-order valence-corrected chi connectivity index (χ0v) is 13.3. The van der Waals surface area contributed by atoms with Crippen molar-refractivity contribution >= 4 is 5.82 Å². The van der Waals surface area contributed by atoms with E-state index in [0.717, 1.165) is 49.6 Å². The van der Waals surface area contributed by atoms with Gasteiger partial charge in [0.15, 0.2) is 0 Å². The van der Waals surface area contributed by atoms with Gasteiger partial charge in [-0.25, -0.2) is 9.97 Å². The monoisotopic (exact) mass is 283 g/mol. The lowest BCUT2D eigenvalue weighted by atomic mass is 10.1.